The van der Waals surface area contributed by atoms with E-state index in [0.29, 0.717) is 21.4 Å². The second-order valence-corrected chi connectivity index (χ2v) is 6.68. The molecule has 1 amide bonds. The molecule has 152 valence electrons. The molecule has 0 bridgehead atoms. The number of nitrogens with zero attached hydrogens (tertiary/aromatic N) is 3. The van der Waals surface area contributed by atoms with E-state index in [2.05, 4.69) is 33.0 Å². The summed E-state index contributed by atoms with van der Waals surface area (Å²) in [6, 6.07) is 9.38. The first-order valence-corrected chi connectivity index (χ1v) is 8.79. The summed E-state index contributed by atoms with van der Waals surface area (Å²) < 4.78 is 41.4. The minimum Gasteiger partial charge on any atom is -0.406 e. The third-order valence-electron chi connectivity index (χ3n) is 3.99. The molecular weight excluding hydrogens is 409 g/mol. The summed E-state index contributed by atoms with van der Waals surface area (Å²) in [7, 11) is 0. The van der Waals surface area contributed by atoms with Crippen LogP contribution in [0.4, 0.5) is 13.2 Å². The molecule has 0 aliphatic rings. The minimum absolute atomic E-state index is 0.305. The van der Waals surface area contributed by atoms with Gasteiger partial charge in [-0.1, -0.05) is 17.3 Å². The molecule has 0 aliphatic heterocycles. The largest absolute Gasteiger partial charge is 0.573 e. The smallest absolute Gasteiger partial charge is 0.406 e. The normalized spacial score (nSPS) is 12.6. The molecule has 0 saturated heterocycles. The Labute approximate surface area is 167 Å². The fourth-order valence-electron chi connectivity index (χ4n) is 2.63. The molecule has 0 saturated carbocycles. The van der Waals surface area contributed by atoms with Crippen molar-refractivity contribution in [2.75, 3.05) is 0 Å². The fraction of sp³-hybridized carbons (Fsp3) is 0.222. The van der Waals surface area contributed by atoms with Gasteiger partial charge >= 0.3 is 6.36 Å². The van der Waals surface area contributed by atoms with Crippen LogP contribution in [0.5, 0.6) is 5.75 Å². The zero-order chi connectivity index (χ0) is 21.2. The van der Waals surface area contributed by atoms with E-state index in [1.54, 1.807) is 25.1 Å². The topological polar surface area (TPSA) is 86.1 Å². The van der Waals surface area contributed by atoms with Crippen molar-refractivity contribution in [3.05, 3.63) is 58.4 Å². The van der Waals surface area contributed by atoms with Gasteiger partial charge in [-0.05, 0) is 42.8 Å². The standard InChI is InChI=1S/C18H15F3N4O3S/c1-10(11-2-4-12(5-3-11)28-18(19,20)21)22-16(26)9-25-17(27)14-7-6-13(29)8-15(14)23-24-25/h2-8,10,29H,9H2,1H3,(H,22,26)/t10-/m0/s1. The Morgan fingerprint density at radius 1 is 1.24 bits per heavy atom. The summed E-state index contributed by atoms with van der Waals surface area (Å²) in [6.07, 6.45) is -4.77. The Kier molecular flexibility index (Phi) is 5.78. The Balaban J connectivity index is 1.67. The van der Waals surface area contributed by atoms with Crippen LogP contribution in [-0.2, 0) is 11.3 Å². The number of halogens is 3. The van der Waals surface area contributed by atoms with Crippen LogP contribution in [0.15, 0.2) is 52.2 Å². The van der Waals surface area contributed by atoms with Crippen LogP contribution >= 0.6 is 12.6 Å². The third-order valence-corrected chi connectivity index (χ3v) is 4.27. The Morgan fingerprint density at radius 3 is 2.59 bits per heavy atom. The average Bonchev–Trinajstić information content (AvgIpc) is 2.63. The number of rotatable bonds is 5. The van der Waals surface area contributed by atoms with Crippen molar-refractivity contribution in [3.8, 4) is 5.75 Å². The lowest BCUT2D eigenvalue weighted by Gasteiger charge is -2.15. The maximum atomic E-state index is 12.4. The van der Waals surface area contributed by atoms with Crippen molar-refractivity contribution in [2.45, 2.75) is 30.8 Å². The number of hydrogen-bond donors (Lipinski definition) is 2. The van der Waals surface area contributed by atoms with Crippen molar-refractivity contribution in [1.82, 2.24) is 20.3 Å². The monoisotopic (exact) mass is 424 g/mol. The van der Waals surface area contributed by atoms with Crippen LogP contribution in [-0.4, -0.2) is 27.3 Å². The van der Waals surface area contributed by atoms with Crippen molar-refractivity contribution in [2.24, 2.45) is 0 Å². The molecule has 0 radical (unpaired) electrons. The van der Waals surface area contributed by atoms with E-state index in [1.807, 2.05) is 0 Å². The Morgan fingerprint density at radius 2 is 1.93 bits per heavy atom. The predicted octanol–water partition coefficient (Wildman–Crippen LogP) is 2.86. The molecule has 7 nitrogen and oxygen atoms in total. The molecule has 29 heavy (non-hydrogen) atoms. The molecule has 0 aliphatic carbocycles. The molecule has 0 spiro atoms. The Hall–Kier alpha value is -3.08. The average molecular weight is 424 g/mol. The van der Waals surface area contributed by atoms with E-state index in [-0.39, 0.29) is 12.3 Å². The second-order valence-electron chi connectivity index (χ2n) is 6.16. The van der Waals surface area contributed by atoms with E-state index in [9.17, 15) is 22.8 Å². The maximum absolute atomic E-state index is 12.4. The van der Waals surface area contributed by atoms with Gasteiger partial charge in [0.25, 0.3) is 5.56 Å². The number of carbonyl (C=O) groups is 1. The van der Waals surface area contributed by atoms with Crippen molar-refractivity contribution in [1.29, 1.82) is 0 Å². The van der Waals surface area contributed by atoms with Gasteiger partial charge in [-0.2, -0.15) is 0 Å². The van der Waals surface area contributed by atoms with Crippen LogP contribution in [0.25, 0.3) is 10.9 Å². The highest BCUT2D eigenvalue weighted by Gasteiger charge is 2.31. The summed E-state index contributed by atoms with van der Waals surface area (Å²) in [5.41, 5.74) is 0.458. The molecule has 2 aromatic carbocycles. The minimum atomic E-state index is -4.77. The molecule has 1 heterocycles. The van der Waals surface area contributed by atoms with Crippen LogP contribution in [0.2, 0.25) is 0 Å². The number of aromatic nitrogens is 3. The van der Waals surface area contributed by atoms with Gasteiger partial charge in [-0.25, -0.2) is 4.68 Å². The molecule has 0 unspecified atom stereocenters. The summed E-state index contributed by atoms with van der Waals surface area (Å²) in [6.45, 7) is 1.30. The SMILES string of the molecule is C[C@H](NC(=O)Cn1nnc2cc(S)ccc2c1=O)c1ccc(OC(F)(F)F)cc1. The number of alkyl halides is 3. The molecule has 1 aromatic heterocycles. The van der Waals surface area contributed by atoms with E-state index < -0.39 is 23.9 Å². The Bertz CT molecular complexity index is 1100. The highest BCUT2D eigenvalue weighted by atomic mass is 32.1. The summed E-state index contributed by atoms with van der Waals surface area (Å²) >= 11 is 4.17. The van der Waals surface area contributed by atoms with Crippen LogP contribution < -0.4 is 15.6 Å². The highest BCUT2D eigenvalue weighted by molar-refractivity contribution is 7.80. The molecule has 1 N–H and O–H groups in total. The van der Waals surface area contributed by atoms with Gasteiger partial charge < -0.3 is 10.1 Å². The van der Waals surface area contributed by atoms with Crippen molar-refractivity contribution in [3.63, 3.8) is 0 Å². The number of thiol groups is 1. The first-order valence-electron chi connectivity index (χ1n) is 8.34. The van der Waals surface area contributed by atoms with Crippen molar-refractivity contribution < 1.29 is 22.7 Å². The van der Waals surface area contributed by atoms with E-state index in [4.69, 9.17) is 0 Å². The van der Waals surface area contributed by atoms with Gasteiger partial charge in [0.2, 0.25) is 5.91 Å². The number of hydrogen-bond acceptors (Lipinski definition) is 6. The number of carbonyl (C=O) groups excluding carboxylic acids is 1. The van der Waals surface area contributed by atoms with Crippen LogP contribution in [0.1, 0.15) is 18.5 Å². The molecule has 11 heteroatoms. The summed E-state index contributed by atoms with van der Waals surface area (Å²) in [5.74, 6) is -0.864. The lowest BCUT2D eigenvalue weighted by molar-refractivity contribution is -0.274. The highest BCUT2D eigenvalue weighted by Crippen LogP contribution is 2.24. The molecule has 1 atom stereocenters. The van der Waals surface area contributed by atoms with Gasteiger partial charge in [0.05, 0.1) is 11.4 Å². The second kappa shape index (κ2) is 8.11. The molecular formula is C18H15F3N4O3S. The molecule has 3 rings (SSSR count). The maximum Gasteiger partial charge on any atom is 0.573 e. The first kappa shape index (κ1) is 20.6. The van der Waals surface area contributed by atoms with Crippen molar-refractivity contribution >= 4 is 29.4 Å². The third kappa shape index (κ3) is 5.25. The molecule has 3 aromatic rings. The zero-order valence-corrected chi connectivity index (χ0v) is 15.9. The van der Waals surface area contributed by atoms with Gasteiger partial charge in [0.15, 0.2) is 0 Å². The quantitative estimate of drug-likeness (QED) is 0.616. The van der Waals surface area contributed by atoms with E-state index in [1.165, 1.54) is 12.1 Å². The number of ether oxygens (including phenoxy) is 1. The fourth-order valence-corrected chi connectivity index (χ4v) is 2.83. The number of amides is 1. The zero-order valence-electron chi connectivity index (χ0n) is 15.0. The van der Waals surface area contributed by atoms with Gasteiger partial charge in [-0.3, -0.25) is 9.59 Å². The van der Waals surface area contributed by atoms with E-state index >= 15 is 0 Å². The summed E-state index contributed by atoms with van der Waals surface area (Å²) in [4.78, 5) is 25.3. The van der Waals surface area contributed by atoms with Gasteiger partial charge in [0.1, 0.15) is 17.8 Å². The first-order chi connectivity index (χ1) is 13.6. The number of fused-ring (bicyclic) bond motifs is 1. The van der Waals surface area contributed by atoms with Crippen LogP contribution in [0.3, 0.4) is 0 Å². The number of benzene rings is 2. The lowest BCUT2D eigenvalue weighted by Crippen LogP contribution is -2.35. The lowest BCUT2D eigenvalue weighted by atomic mass is 10.1. The summed E-state index contributed by atoms with van der Waals surface area (Å²) in [5, 5.41) is 10.6. The van der Waals surface area contributed by atoms with Gasteiger partial charge in [-0.15, -0.1) is 30.9 Å². The predicted molar refractivity (Wildman–Crippen MR) is 101 cm³/mol. The van der Waals surface area contributed by atoms with E-state index in [0.717, 1.165) is 16.8 Å². The number of nitrogens with one attached hydrogen (secondary N) is 1. The van der Waals surface area contributed by atoms with Crippen LogP contribution in [0, 0.1) is 0 Å². The molecule has 0 fully saturated rings. The van der Waals surface area contributed by atoms with Gasteiger partial charge in [0, 0.05) is 4.90 Å².